The van der Waals surface area contributed by atoms with Crippen molar-refractivity contribution in [1.29, 1.82) is 0 Å². The Morgan fingerprint density at radius 3 is 2.61 bits per heavy atom. The van der Waals surface area contributed by atoms with Gasteiger partial charge in [0.2, 0.25) is 0 Å². The number of carbonyl (C=O) groups excluding carboxylic acids is 1. The zero-order chi connectivity index (χ0) is 22.0. The molecule has 0 saturated carbocycles. The fourth-order valence-electron chi connectivity index (χ4n) is 3.30. The Labute approximate surface area is 190 Å². The highest BCUT2D eigenvalue weighted by Crippen LogP contribution is 2.33. The van der Waals surface area contributed by atoms with E-state index in [1.165, 1.54) is 16.2 Å². The normalized spacial score (nSPS) is 15.5. The van der Waals surface area contributed by atoms with Crippen molar-refractivity contribution in [3.05, 3.63) is 81.1 Å². The number of thiocarbonyl (C=S) groups is 1. The summed E-state index contributed by atoms with van der Waals surface area (Å²) in [6, 6.07) is 15.3. The molecule has 0 aliphatic carbocycles. The molecule has 0 spiro atoms. The lowest BCUT2D eigenvalue weighted by atomic mass is 10.2. The molecule has 1 saturated heterocycles. The maximum absolute atomic E-state index is 13.3. The second-order valence-electron chi connectivity index (χ2n) is 7.63. The SMILES string of the molecule is CC(C)CN1C(=O)/C(=C/c2c(NCc3ccccc3)nc3ccccn3c2=O)SC1=S. The van der Waals surface area contributed by atoms with Gasteiger partial charge in [0.25, 0.3) is 11.5 Å². The highest BCUT2D eigenvalue weighted by atomic mass is 32.2. The Balaban J connectivity index is 1.76. The maximum atomic E-state index is 13.3. The smallest absolute Gasteiger partial charge is 0.267 e. The van der Waals surface area contributed by atoms with Crippen LogP contribution in [0.15, 0.2) is 64.4 Å². The van der Waals surface area contributed by atoms with Crippen LogP contribution in [-0.2, 0) is 11.3 Å². The van der Waals surface area contributed by atoms with Crippen molar-refractivity contribution >= 4 is 51.7 Å². The van der Waals surface area contributed by atoms with Gasteiger partial charge in [0.15, 0.2) is 0 Å². The van der Waals surface area contributed by atoms with Crippen LogP contribution in [0.5, 0.6) is 0 Å². The molecular weight excluding hydrogens is 428 g/mol. The van der Waals surface area contributed by atoms with Crippen molar-refractivity contribution in [3.8, 4) is 0 Å². The van der Waals surface area contributed by atoms with Crippen molar-refractivity contribution in [1.82, 2.24) is 14.3 Å². The Morgan fingerprint density at radius 2 is 1.87 bits per heavy atom. The number of benzene rings is 1. The molecule has 0 atom stereocenters. The lowest BCUT2D eigenvalue weighted by Gasteiger charge is -2.16. The van der Waals surface area contributed by atoms with Gasteiger partial charge in [-0.25, -0.2) is 4.98 Å². The summed E-state index contributed by atoms with van der Waals surface area (Å²) in [6.45, 7) is 5.13. The van der Waals surface area contributed by atoms with Gasteiger partial charge in [-0.3, -0.25) is 18.9 Å². The summed E-state index contributed by atoms with van der Waals surface area (Å²) in [5, 5.41) is 3.27. The van der Waals surface area contributed by atoms with Gasteiger partial charge in [-0.05, 0) is 29.7 Å². The number of rotatable bonds is 6. The number of amides is 1. The topological polar surface area (TPSA) is 66.7 Å². The maximum Gasteiger partial charge on any atom is 0.267 e. The lowest BCUT2D eigenvalue weighted by molar-refractivity contribution is -0.122. The molecule has 1 aliphatic rings. The number of anilines is 1. The minimum absolute atomic E-state index is 0.171. The summed E-state index contributed by atoms with van der Waals surface area (Å²) in [4.78, 5) is 32.9. The second-order valence-corrected chi connectivity index (χ2v) is 9.31. The predicted octanol–water partition coefficient (Wildman–Crippen LogP) is 4.16. The van der Waals surface area contributed by atoms with E-state index >= 15 is 0 Å². The summed E-state index contributed by atoms with van der Waals surface area (Å²) in [7, 11) is 0. The molecule has 4 rings (SSSR count). The molecule has 3 heterocycles. The predicted molar refractivity (Wildman–Crippen MR) is 130 cm³/mol. The molecule has 8 heteroatoms. The van der Waals surface area contributed by atoms with Gasteiger partial charge in [-0.1, -0.05) is 74.2 Å². The fourth-order valence-corrected chi connectivity index (χ4v) is 4.56. The number of hydrogen-bond donors (Lipinski definition) is 1. The Bertz CT molecular complexity index is 1240. The van der Waals surface area contributed by atoms with Gasteiger partial charge in [0, 0.05) is 19.3 Å². The van der Waals surface area contributed by atoms with Crippen LogP contribution in [0, 0.1) is 5.92 Å². The number of carbonyl (C=O) groups is 1. The lowest BCUT2D eigenvalue weighted by Crippen LogP contribution is -2.31. The first-order chi connectivity index (χ1) is 14.9. The number of thioether (sulfide) groups is 1. The highest BCUT2D eigenvalue weighted by Gasteiger charge is 2.32. The van der Waals surface area contributed by atoms with Gasteiger partial charge in [0.05, 0.1) is 10.5 Å². The molecule has 1 aliphatic heterocycles. The monoisotopic (exact) mass is 450 g/mol. The van der Waals surface area contributed by atoms with Crippen LogP contribution in [-0.4, -0.2) is 31.1 Å². The molecular formula is C23H22N4O2S2. The first-order valence-electron chi connectivity index (χ1n) is 9.98. The summed E-state index contributed by atoms with van der Waals surface area (Å²) in [5.74, 6) is 0.558. The number of aromatic nitrogens is 2. The molecule has 1 fully saturated rings. The molecule has 0 radical (unpaired) electrons. The van der Waals surface area contributed by atoms with Crippen molar-refractivity contribution < 1.29 is 4.79 Å². The Morgan fingerprint density at radius 1 is 1.13 bits per heavy atom. The Kier molecular flexibility index (Phi) is 6.20. The third-order valence-corrected chi connectivity index (χ3v) is 6.15. The van der Waals surface area contributed by atoms with Crippen LogP contribution >= 0.6 is 24.0 Å². The van der Waals surface area contributed by atoms with Crippen molar-refractivity contribution in [2.45, 2.75) is 20.4 Å². The minimum atomic E-state index is -0.240. The number of hydrogen-bond acceptors (Lipinski definition) is 6. The van der Waals surface area contributed by atoms with Crippen LogP contribution in [0.1, 0.15) is 25.0 Å². The molecule has 2 aromatic heterocycles. The van der Waals surface area contributed by atoms with E-state index in [-0.39, 0.29) is 17.4 Å². The molecule has 6 nitrogen and oxygen atoms in total. The van der Waals surface area contributed by atoms with Crippen LogP contribution in [0.3, 0.4) is 0 Å². The second kappa shape index (κ2) is 9.03. The molecule has 1 aromatic carbocycles. The molecule has 1 N–H and O–H groups in total. The average Bonchev–Trinajstić information content (AvgIpc) is 3.02. The third kappa shape index (κ3) is 4.55. The van der Waals surface area contributed by atoms with E-state index in [2.05, 4.69) is 10.3 Å². The number of nitrogens with zero attached hydrogens (tertiary/aromatic N) is 3. The highest BCUT2D eigenvalue weighted by molar-refractivity contribution is 8.26. The molecule has 0 bridgehead atoms. The quantitative estimate of drug-likeness (QED) is 0.449. The standard InChI is InChI=1S/C23H22N4O2S2/c1-15(2)14-27-22(29)18(31-23(27)30)12-17-20(24-13-16-8-4-3-5-9-16)25-19-10-6-7-11-26(19)21(17)28/h3-12,15,24H,13-14H2,1-2H3/b18-12-. The van der Waals surface area contributed by atoms with Gasteiger partial charge in [0.1, 0.15) is 15.8 Å². The van der Waals surface area contributed by atoms with E-state index in [1.54, 1.807) is 29.3 Å². The first-order valence-corrected chi connectivity index (χ1v) is 11.2. The van der Waals surface area contributed by atoms with E-state index in [1.807, 2.05) is 50.2 Å². The molecule has 3 aromatic rings. The fraction of sp³-hybridized carbons (Fsp3) is 0.217. The molecule has 1 amide bonds. The molecule has 31 heavy (non-hydrogen) atoms. The summed E-state index contributed by atoms with van der Waals surface area (Å²) < 4.78 is 1.99. The largest absolute Gasteiger partial charge is 0.365 e. The third-order valence-electron chi connectivity index (χ3n) is 4.77. The molecule has 158 valence electrons. The van der Waals surface area contributed by atoms with Gasteiger partial charge in [-0.15, -0.1) is 0 Å². The van der Waals surface area contributed by atoms with Crippen LogP contribution in [0.25, 0.3) is 11.7 Å². The average molecular weight is 451 g/mol. The zero-order valence-corrected chi connectivity index (χ0v) is 18.9. The first kappa shape index (κ1) is 21.3. The van der Waals surface area contributed by atoms with Gasteiger partial charge in [-0.2, -0.15) is 0 Å². The van der Waals surface area contributed by atoms with Crippen molar-refractivity contribution in [2.75, 3.05) is 11.9 Å². The number of nitrogens with one attached hydrogen (secondary N) is 1. The van der Waals surface area contributed by atoms with Gasteiger partial charge < -0.3 is 5.32 Å². The number of fused-ring (bicyclic) bond motifs is 1. The van der Waals surface area contributed by atoms with Crippen molar-refractivity contribution in [2.24, 2.45) is 5.92 Å². The van der Waals surface area contributed by atoms with E-state index < -0.39 is 0 Å². The van der Waals surface area contributed by atoms with Crippen LogP contribution < -0.4 is 10.9 Å². The van der Waals surface area contributed by atoms with Gasteiger partial charge >= 0.3 is 0 Å². The van der Waals surface area contributed by atoms with Crippen LogP contribution in [0.4, 0.5) is 5.82 Å². The van der Waals surface area contributed by atoms with E-state index in [0.29, 0.717) is 39.3 Å². The van der Waals surface area contributed by atoms with Crippen LogP contribution in [0.2, 0.25) is 0 Å². The van der Waals surface area contributed by atoms with E-state index in [0.717, 1.165) is 5.56 Å². The number of pyridine rings is 1. The summed E-state index contributed by atoms with van der Waals surface area (Å²) in [5.41, 5.74) is 1.69. The zero-order valence-electron chi connectivity index (χ0n) is 17.2. The summed E-state index contributed by atoms with van der Waals surface area (Å²) in [6.07, 6.45) is 3.29. The van der Waals surface area contributed by atoms with E-state index in [4.69, 9.17) is 12.2 Å². The Hall–Kier alpha value is -2.97. The minimum Gasteiger partial charge on any atom is -0.365 e. The summed E-state index contributed by atoms with van der Waals surface area (Å²) >= 11 is 6.62. The molecule has 0 unspecified atom stereocenters. The van der Waals surface area contributed by atoms with E-state index in [9.17, 15) is 9.59 Å². The van der Waals surface area contributed by atoms with Crippen molar-refractivity contribution in [3.63, 3.8) is 0 Å².